The molecule has 3 aromatic carbocycles. The molecule has 1 aliphatic rings. The largest absolute Gasteiger partial charge is 0.305 e. The second-order valence-electron chi connectivity index (χ2n) is 7.47. The Morgan fingerprint density at radius 3 is 2.47 bits per heavy atom. The molecule has 1 amide bonds. The lowest BCUT2D eigenvalue weighted by atomic mass is 10.1. The number of sulfonamides is 1. The molecular weight excluding hydrogens is 420 g/mol. The van der Waals surface area contributed by atoms with Crippen molar-refractivity contribution in [1.82, 2.24) is 0 Å². The summed E-state index contributed by atoms with van der Waals surface area (Å²) in [7, 11) is -3.75. The van der Waals surface area contributed by atoms with Crippen LogP contribution in [0.4, 0.5) is 11.4 Å². The molecule has 0 spiro atoms. The molecule has 0 fully saturated rings. The van der Waals surface area contributed by atoms with Gasteiger partial charge in [-0.15, -0.1) is 0 Å². The normalized spacial score (nSPS) is 15.7. The van der Waals surface area contributed by atoms with E-state index in [0.717, 1.165) is 23.2 Å². The molecule has 0 bridgehead atoms. The van der Waals surface area contributed by atoms with E-state index in [1.165, 1.54) is 6.07 Å². The number of nitrogens with one attached hydrogen (secondary N) is 1. The third kappa shape index (κ3) is 3.80. The highest BCUT2D eigenvalue weighted by molar-refractivity contribution is 7.92. The van der Waals surface area contributed by atoms with E-state index < -0.39 is 10.0 Å². The van der Waals surface area contributed by atoms with Crippen LogP contribution in [0.3, 0.4) is 0 Å². The summed E-state index contributed by atoms with van der Waals surface area (Å²) >= 11 is 6.39. The van der Waals surface area contributed by atoms with E-state index in [0.29, 0.717) is 11.3 Å². The zero-order valence-electron chi connectivity index (χ0n) is 16.6. The zero-order chi connectivity index (χ0) is 21.5. The molecule has 0 aliphatic carbocycles. The number of anilines is 2. The molecule has 1 aliphatic heterocycles. The van der Waals surface area contributed by atoms with Gasteiger partial charge in [-0.25, -0.2) is 8.42 Å². The summed E-state index contributed by atoms with van der Waals surface area (Å²) in [5, 5.41) is 0.195. The molecule has 0 aromatic heterocycles. The van der Waals surface area contributed by atoms with Crippen LogP contribution in [0.25, 0.3) is 0 Å². The number of nitrogens with zero attached hydrogens (tertiary/aromatic N) is 1. The maximum atomic E-state index is 13.2. The van der Waals surface area contributed by atoms with Crippen molar-refractivity contribution >= 4 is 38.9 Å². The molecule has 1 N–H and O–H groups in total. The van der Waals surface area contributed by atoms with E-state index in [1.54, 1.807) is 41.3 Å². The van der Waals surface area contributed by atoms with Crippen LogP contribution in [0.2, 0.25) is 5.02 Å². The number of amides is 1. The van der Waals surface area contributed by atoms with Crippen molar-refractivity contribution in [3.8, 4) is 0 Å². The molecule has 7 heteroatoms. The minimum absolute atomic E-state index is 0.0192. The summed E-state index contributed by atoms with van der Waals surface area (Å²) in [6.07, 6.45) is 0.786. The van der Waals surface area contributed by atoms with Crippen molar-refractivity contribution in [2.45, 2.75) is 31.2 Å². The number of benzene rings is 3. The highest BCUT2D eigenvalue weighted by Gasteiger charge is 2.32. The Morgan fingerprint density at radius 1 is 1.07 bits per heavy atom. The lowest BCUT2D eigenvalue weighted by Crippen LogP contribution is -2.35. The molecule has 0 saturated carbocycles. The molecule has 4 rings (SSSR count). The number of para-hydroxylation sites is 1. The Hall–Kier alpha value is -2.83. The van der Waals surface area contributed by atoms with E-state index in [-0.39, 0.29) is 21.9 Å². The SMILES string of the molecule is Cc1ccc(S(=O)(=O)Nc2ccc(C(=O)N3c4ccccc4C[C@@H]3C)c(Cl)c2)cc1. The van der Waals surface area contributed by atoms with Gasteiger partial charge in [0.05, 0.1) is 21.2 Å². The Morgan fingerprint density at radius 2 is 1.77 bits per heavy atom. The van der Waals surface area contributed by atoms with E-state index in [2.05, 4.69) is 4.72 Å². The minimum Gasteiger partial charge on any atom is -0.305 e. The Bertz CT molecular complexity index is 1220. The van der Waals surface area contributed by atoms with E-state index >= 15 is 0 Å². The standard InChI is InChI=1S/C23H21ClN2O3S/c1-15-7-10-19(11-8-15)30(28,29)25-18-9-12-20(21(24)14-18)23(27)26-16(2)13-17-5-3-4-6-22(17)26/h3-12,14,16,25H,13H2,1-2H3/t16-/m0/s1. The van der Waals surface area contributed by atoms with Crippen LogP contribution in [-0.2, 0) is 16.4 Å². The number of aryl methyl sites for hydroxylation is 1. The fraction of sp³-hybridized carbons (Fsp3) is 0.174. The number of halogens is 1. The Balaban J connectivity index is 1.59. The molecule has 30 heavy (non-hydrogen) atoms. The summed E-state index contributed by atoms with van der Waals surface area (Å²) in [4.78, 5) is 15.1. The summed E-state index contributed by atoms with van der Waals surface area (Å²) < 4.78 is 27.7. The van der Waals surface area contributed by atoms with Crippen LogP contribution >= 0.6 is 11.6 Å². The fourth-order valence-corrected chi connectivity index (χ4v) is 5.00. The number of hydrogen-bond acceptors (Lipinski definition) is 3. The summed E-state index contributed by atoms with van der Waals surface area (Å²) in [5.41, 5.74) is 3.61. The highest BCUT2D eigenvalue weighted by atomic mass is 35.5. The van der Waals surface area contributed by atoms with Crippen LogP contribution in [0, 0.1) is 6.92 Å². The van der Waals surface area contributed by atoms with Crippen LogP contribution in [0.15, 0.2) is 71.6 Å². The van der Waals surface area contributed by atoms with Crippen molar-refractivity contribution < 1.29 is 13.2 Å². The smallest absolute Gasteiger partial charge is 0.261 e. The van der Waals surface area contributed by atoms with Gasteiger partial charge in [-0.05, 0) is 62.2 Å². The molecule has 5 nitrogen and oxygen atoms in total. The quantitative estimate of drug-likeness (QED) is 0.618. The first-order valence-electron chi connectivity index (χ1n) is 9.57. The van der Waals surface area contributed by atoms with Gasteiger partial charge in [0.25, 0.3) is 15.9 Å². The number of rotatable bonds is 4. The van der Waals surface area contributed by atoms with Crippen molar-refractivity contribution in [3.05, 3.63) is 88.4 Å². The average Bonchev–Trinajstić information content (AvgIpc) is 3.03. The number of hydrogen-bond donors (Lipinski definition) is 1. The predicted molar refractivity (Wildman–Crippen MR) is 120 cm³/mol. The molecule has 1 atom stereocenters. The Labute approximate surface area is 181 Å². The van der Waals surface area contributed by atoms with Crippen LogP contribution in [0.1, 0.15) is 28.4 Å². The van der Waals surface area contributed by atoms with Gasteiger partial charge in [0.1, 0.15) is 0 Å². The predicted octanol–water partition coefficient (Wildman–Crippen LogP) is 5.04. The first kappa shape index (κ1) is 20.4. The first-order valence-corrected chi connectivity index (χ1v) is 11.4. The molecule has 154 valence electrons. The maximum absolute atomic E-state index is 13.2. The zero-order valence-corrected chi connectivity index (χ0v) is 18.2. The van der Waals surface area contributed by atoms with E-state index in [4.69, 9.17) is 11.6 Å². The lowest BCUT2D eigenvalue weighted by molar-refractivity contribution is 0.0981. The molecule has 0 unspecified atom stereocenters. The second kappa shape index (κ2) is 7.78. The van der Waals surface area contributed by atoms with Gasteiger partial charge in [-0.2, -0.15) is 0 Å². The average molecular weight is 441 g/mol. The number of carbonyl (C=O) groups is 1. The van der Waals surface area contributed by atoms with Crippen molar-refractivity contribution in [2.75, 3.05) is 9.62 Å². The van der Waals surface area contributed by atoms with Crippen molar-refractivity contribution in [1.29, 1.82) is 0 Å². The van der Waals surface area contributed by atoms with Gasteiger partial charge in [0.15, 0.2) is 0 Å². The monoisotopic (exact) mass is 440 g/mol. The lowest BCUT2D eigenvalue weighted by Gasteiger charge is -2.23. The molecule has 1 heterocycles. The minimum atomic E-state index is -3.75. The third-order valence-electron chi connectivity index (χ3n) is 5.21. The molecular formula is C23H21ClN2O3S. The highest BCUT2D eigenvalue weighted by Crippen LogP contribution is 2.34. The summed E-state index contributed by atoms with van der Waals surface area (Å²) in [6, 6.07) is 19.0. The van der Waals surface area contributed by atoms with Gasteiger partial charge < -0.3 is 4.90 Å². The van der Waals surface area contributed by atoms with Crippen LogP contribution in [-0.4, -0.2) is 20.4 Å². The fourth-order valence-electron chi connectivity index (χ4n) is 3.69. The maximum Gasteiger partial charge on any atom is 0.261 e. The van der Waals surface area contributed by atoms with E-state index in [1.807, 2.05) is 38.1 Å². The van der Waals surface area contributed by atoms with Crippen molar-refractivity contribution in [3.63, 3.8) is 0 Å². The van der Waals surface area contributed by atoms with Gasteiger partial charge in [-0.1, -0.05) is 47.5 Å². The van der Waals surface area contributed by atoms with Crippen LogP contribution in [0.5, 0.6) is 0 Å². The second-order valence-corrected chi connectivity index (χ2v) is 9.56. The molecule has 3 aromatic rings. The first-order chi connectivity index (χ1) is 14.3. The topological polar surface area (TPSA) is 66.5 Å². The summed E-state index contributed by atoms with van der Waals surface area (Å²) in [5.74, 6) is -0.203. The van der Waals surface area contributed by atoms with Gasteiger partial charge in [0, 0.05) is 11.7 Å². The Kier molecular flexibility index (Phi) is 5.30. The van der Waals surface area contributed by atoms with Crippen molar-refractivity contribution in [2.24, 2.45) is 0 Å². The van der Waals surface area contributed by atoms with Gasteiger partial charge in [0.2, 0.25) is 0 Å². The molecule has 0 radical (unpaired) electrons. The number of fused-ring (bicyclic) bond motifs is 1. The number of carbonyl (C=O) groups excluding carboxylic acids is 1. The third-order valence-corrected chi connectivity index (χ3v) is 6.92. The summed E-state index contributed by atoms with van der Waals surface area (Å²) in [6.45, 7) is 3.88. The van der Waals surface area contributed by atoms with Gasteiger partial charge in [-0.3, -0.25) is 9.52 Å². The van der Waals surface area contributed by atoms with Crippen LogP contribution < -0.4 is 9.62 Å². The van der Waals surface area contributed by atoms with Gasteiger partial charge >= 0.3 is 0 Å². The van der Waals surface area contributed by atoms with E-state index in [9.17, 15) is 13.2 Å². The molecule has 0 saturated heterocycles.